The summed E-state index contributed by atoms with van der Waals surface area (Å²) in [5, 5.41) is 10.0. The third-order valence-electron chi connectivity index (χ3n) is 12.9. The van der Waals surface area contributed by atoms with Gasteiger partial charge in [0.25, 0.3) is 0 Å². The van der Waals surface area contributed by atoms with E-state index in [-0.39, 0.29) is 0 Å². The van der Waals surface area contributed by atoms with E-state index in [4.69, 9.17) is 4.42 Å². The smallest absolute Gasteiger partial charge is 0.179 e. The zero-order valence-corrected chi connectivity index (χ0v) is 36.1. The number of hydrogen-bond acceptors (Lipinski definition) is 2. The highest BCUT2D eigenvalue weighted by atomic mass is 28.3. The van der Waals surface area contributed by atoms with E-state index in [1.54, 1.807) is 0 Å². The van der Waals surface area contributed by atoms with E-state index in [0.717, 1.165) is 50.3 Å². The molecular formula is C60H42N2OSi. The van der Waals surface area contributed by atoms with Gasteiger partial charge in [-0.05, 0) is 105 Å². The molecule has 2 aromatic heterocycles. The van der Waals surface area contributed by atoms with E-state index in [0.29, 0.717) is 0 Å². The Morgan fingerprint density at radius 3 is 1.55 bits per heavy atom. The molecule has 4 heteroatoms. The van der Waals surface area contributed by atoms with Gasteiger partial charge < -0.3 is 13.9 Å². The van der Waals surface area contributed by atoms with Crippen LogP contribution in [0.3, 0.4) is 0 Å². The summed E-state index contributed by atoms with van der Waals surface area (Å²) >= 11 is 0. The first-order valence-electron chi connectivity index (χ1n) is 21.9. The number of fused-ring (bicyclic) bond motifs is 6. The molecule has 0 saturated carbocycles. The van der Waals surface area contributed by atoms with Crippen molar-refractivity contribution in [3.05, 3.63) is 255 Å². The lowest BCUT2D eigenvalue weighted by Gasteiger charge is -2.35. The number of rotatable bonds is 9. The van der Waals surface area contributed by atoms with Crippen LogP contribution in [0.1, 0.15) is 0 Å². The molecule has 0 atom stereocenters. The zero-order valence-electron chi connectivity index (χ0n) is 35.1. The summed E-state index contributed by atoms with van der Waals surface area (Å²) in [4.78, 5) is 2.40. The fraction of sp³-hybridized carbons (Fsp3) is 0. The quantitative estimate of drug-likeness (QED) is 0.107. The average molecular weight is 835 g/mol. The Kier molecular flexibility index (Phi) is 9.17. The van der Waals surface area contributed by atoms with Crippen molar-refractivity contribution in [1.29, 1.82) is 0 Å². The van der Waals surface area contributed by atoms with E-state index < -0.39 is 8.07 Å². The molecule has 0 radical (unpaired) electrons. The van der Waals surface area contributed by atoms with Gasteiger partial charge in [0.2, 0.25) is 0 Å². The summed E-state index contributed by atoms with van der Waals surface area (Å²) in [6.45, 7) is 0. The van der Waals surface area contributed by atoms with Gasteiger partial charge in [-0.2, -0.15) is 0 Å². The summed E-state index contributed by atoms with van der Waals surface area (Å²) in [6, 6.07) is 92.9. The van der Waals surface area contributed by atoms with Gasteiger partial charge in [0.15, 0.2) is 8.07 Å². The van der Waals surface area contributed by atoms with Crippen LogP contribution < -0.4 is 25.6 Å². The molecule has 0 aliphatic carbocycles. The van der Waals surface area contributed by atoms with Crippen molar-refractivity contribution in [2.24, 2.45) is 0 Å². The third kappa shape index (κ3) is 6.10. The second-order valence-electron chi connectivity index (χ2n) is 16.4. The van der Waals surface area contributed by atoms with Crippen molar-refractivity contribution in [2.45, 2.75) is 0 Å². The molecule has 10 aromatic carbocycles. The molecule has 0 aliphatic rings. The van der Waals surface area contributed by atoms with Crippen LogP contribution in [0.25, 0.3) is 60.6 Å². The normalized spacial score (nSPS) is 11.8. The maximum absolute atomic E-state index is 6.35. The molecule has 0 spiro atoms. The van der Waals surface area contributed by atoms with E-state index in [9.17, 15) is 0 Å². The molecule has 0 aliphatic heterocycles. The molecule has 3 nitrogen and oxygen atoms in total. The Morgan fingerprint density at radius 2 is 0.859 bits per heavy atom. The summed E-state index contributed by atoms with van der Waals surface area (Å²) in [6.07, 6.45) is 0. The summed E-state index contributed by atoms with van der Waals surface area (Å²) in [5.41, 5.74) is 10.8. The predicted molar refractivity (Wildman–Crippen MR) is 272 cm³/mol. The van der Waals surface area contributed by atoms with Crippen LogP contribution >= 0.6 is 0 Å². The molecule has 64 heavy (non-hydrogen) atoms. The number of anilines is 3. The summed E-state index contributed by atoms with van der Waals surface area (Å²) in [7, 11) is -2.73. The molecule has 0 fully saturated rings. The van der Waals surface area contributed by atoms with Crippen molar-refractivity contribution in [2.75, 3.05) is 4.90 Å². The number of hydrogen-bond donors (Lipinski definition) is 0. The second-order valence-corrected chi connectivity index (χ2v) is 20.3. The van der Waals surface area contributed by atoms with E-state index in [1.807, 2.05) is 12.1 Å². The van der Waals surface area contributed by atoms with E-state index in [2.05, 4.69) is 252 Å². The fourth-order valence-corrected chi connectivity index (χ4v) is 14.9. The minimum atomic E-state index is -2.73. The molecule has 12 rings (SSSR count). The van der Waals surface area contributed by atoms with Crippen LogP contribution in [-0.2, 0) is 0 Å². The highest BCUT2D eigenvalue weighted by Crippen LogP contribution is 2.42. The van der Waals surface area contributed by atoms with E-state index >= 15 is 0 Å². The number of para-hydroxylation sites is 3. The molecule has 12 aromatic rings. The Balaban J connectivity index is 1.06. The number of benzene rings is 10. The Hall–Kier alpha value is -8.18. The van der Waals surface area contributed by atoms with Crippen LogP contribution in [-0.4, -0.2) is 12.6 Å². The fourth-order valence-electron chi connectivity index (χ4n) is 10.2. The number of furan rings is 1. The molecular weight excluding hydrogens is 793 g/mol. The summed E-state index contributed by atoms with van der Waals surface area (Å²) < 4.78 is 8.74. The maximum Gasteiger partial charge on any atom is 0.179 e. The Morgan fingerprint density at radius 1 is 0.344 bits per heavy atom. The van der Waals surface area contributed by atoms with Gasteiger partial charge in [0.1, 0.15) is 11.2 Å². The molecule has 0 amide bonds. The predicted octanol–water partition coefficient (Wildman–Crippen LogP) is 13.2. The third-order valence-corrected chi connectivity index (χ3v) is 17.7. The molecule has 0 bridgehead atoms. The summed E-state index contributed by atoms with van der Waals surface area (Å²) in [5.74, 6) is 0. The van der Waals surface area contributed by atoms with Crippen molar-refractivity contribution >= 4 is 89.6 Å². The van der Waals surface area contributed by atoms with Gasteiger partial charge in [-0.25, -0.2) is 0 Å². The standard InChI is InChI=1S/C60H42N2OSi/c1-5-20-44(21-6-1)62-56-32-15-13-30-54(56)60-52(31-18-33-57(60)62)43-19-17-22-46(41-43)61(47-37-40-59-55(42-47)53-29-14-16-34-58(53)63-59)45-35-38-51(39-36-45)64(48-23-7-2-8-24-48,49-25-9-3-10-26-49)50-27-11-4-12-28-50/h1-42H. The van der Waals surface area contributed by atoms with Crippen LogP contribution in [0.15, 0.2) is 259 Å². The minimum Gasteiger partial charge on any atom is -0.456 e. The highest BCUT2D eigenvalue weighted by molar-refractivity contribution is 7.19. The van der Waals surface area contributed by atoms with Gasteiger partial charge in [0, 0.05) is 44.3 Å². The lowest BCUT2D eigenvalue weighted by molar-refractivity contribution is 0.669. The van der Waals surface area contributed by atoms with Gasteiger partial charge in [0.05, 0.1) is 11.0 Å². The number of aromatic nitrogens is 1. The Labute approximate surface area is 373 Å². The van der Waals surface area contributed by atoms with Crippen molar-refractivity contribution in [1.82, 2.24) is 4.57 Å². The monoisotopic (exact) mass is 834 g/mol. The molecule has 302 valence electrons. The molecule has 0 unspecified atom stereocenters. The molecule has 2 heterocycles. The maximum atomic E-state index is 6.35. The second kappa shape index (κ2) is 15.6. The average Bonchev–Trinajstić information content (AvgIpc) is 3.92. The lowest BCUT2D eigenvalue weighted by atomic mass is 9.98. The largest absolute Gasteiger partial charge is 0.456 e. The SMILES string of the molecule is c1ccc(-n2c3ccccc3c3c(-c4cccc(N(c5ccc([Si](c6ccccc6)(c6ccccc6)c6ccccc6)cc5)c5ccc6oc7ccccc7c6c5)c4)cccc32)cc1. The topological polar surface area (TPSA) is 21.3 Å². The van der Waals surface area contributed by atoms with Gasteiger partial charge in [-0.15, -0.1) is 0 Å². The van der Waals surface area contributed by atoms with Crippen LogP contribution in [0, 0.1) is 0 Å². The minimum absolute atomic E-state index is 0.875. The van der Waals surface area contributed by atoms with Gasteiger partial charge >= 0.3 is 0 Å². The number of nitrogens with zero attached hydrogens (tertiary/aromatic N) is 2. The van der Waals surface area contributed by atoms with Gasteiger partial charge in [-0.1, -0.05) is 182 Å². The van der Waals surface area contributed by atoms with Crippen LogP contribution in [0.2, 0.25) is 0 Å². The van der Waals surface area contributed by atoms with E-state index in [1.165, 1.54) is 48.1 Å². The van der Waals surface area contributed by atoms with Crippen molar-refractivity contribution in [3.8, 4) is 16.8 Å². The first-order chi connectivity index (χ1) is 31.8. The van der Waals surface area contributed by atoms with Crippen LogP contribution in [0.5, 0.6) is 0 Å². The molecule has 0 saturated heterocycles. The Bertz CT molecular complexity index is 3500. The zero-order chi connectivity index (χ0) is 42.5. The molecule has 0 N–H and O–H groups in total. The van der Waals surface area contributed by atoms with Crippen molar-refractivity contribution < 1.29 is 4.42 Å². The first kappa shape index (κ1) is 37.6. The van der Waals surface area contributed by atoms with Crippen LogP contribution in [0.4, 0.5) is 17.1 Å². The van der Waals surface area contributed by atoms with Crippen molar-refractivity contribution in [3.63, 3.8) is 0 Å². The first-order valence-corrected chi connectivity index (χ1v) is 23.9. The van der Waals surface area contributed by atoms with Gasteiger partial charge in [-0.3, -0.25) is 0 Å². The lowest BCUT2D eigenvalue weighted by Crippen LogP contribution is -2.74. The highest BCUT2D eigenvalue weighted by Gasteiger charge is 2.41.